The van der Waals surface area contributed by atoms with Gasteiger partial charge in [0.05, 0.1) is 5.69 Å². The zero-order chi connectivity index (χ0) is 19.9. The standard InChI is InChI=1S/C21H30N6O/c1-15-4-2-5-19-17(12-15)14-27(21(28)26-19)18-8-6-16(7-9-18)13-24-10-3-11-25-20(22)23/h6,8,12,14,24H,2-5,7,9-11,13H2,1H3,(H4,22,23,25). The molecule has 0 saturated carbocycles. The molecule has 1 aromatic rings. The molecule has 0 unspecified atom stereocenters. The molecule has 28 heavy (non-hydrogen) atoms. The van der Waals surface area contributed by atoms with Crippen LogP contribution in [0.4, 0.5) is 0 Å². The van der Waals surface area contributed by atoms with Gasteiger partial charge >= 0.3 is 5.69 Å². The SMILES string of the molecule is CC1=Cc2cn(C3=CC=C(CNCCCN=C(N)N)CC3)c(=O)nc2CCC1. The molecule has 150 valence electrons. The van der Waals surface area contributed by atoms with E-state index in [1.807, 2.05) is 12.3 Å². The molecule has 7 heteroatoms. The fraction of sp³-hybridized carbons (Fsp3) is 0.476. The van der Waals surface area contributed by atoms with E-state index in [1.54, 1.807) is 4.57 Å². The summed E-state index contributed by atoms with van der Waals surface area (Å²) in [4.78, 5) is 20.8. The summed E-state index contributed by atoms with van der Waals surface area (Å²) in [5, 5.41) is 3.41. The smallest absolute Gasteiger partial charge is 0.352 e. The molecule has 0 fully saturated rings. The predicted octanol–water partition coefficient (Wildman–Crippen LogP) is 1.80. The number of guanidine groups is 1. The second-order valence-corrected chi connectivity index (χ2v) is 7.46. The highest BCUT2D eigenvalue weighted by atomic mass is 16.1. The van der Waals surface area contributed by atoms with Crippen molar-refractivity contribution in [2.75, 3.05) is 19.6 Å². The Balaban J connectivity index is 1.63. The van der Waals surface area contributed by atoms with Crippen molar-refractivity contribution in [2.24, 2.45) is 16.5 Å². The van der Waals surface area contributed by atoms with E-state index in [-0.39, 0.29) is 11.6 Å². The van der Waals surface area contributed by atoms with E-state index in [2.05, 4.69) is 34.4 Å². The van der Waals surface area contributed by atoms with E-state index in [0.29, 0.717) is 6.54 Å². The summed E-state index contributed by atoms with van der Waals surface area (Å²) in [5.41, 5.74) is 16.1. The molecule has 0 aromatic carbocycles. The lowest BCUT2D eigenvalue weighted by molar-refractivity contribution is 0.673. The zero-order valence-corrected chi connectivity index (χ0v) is 16.6. The number of aryl methyl sites for hydroxylation is 1. The summed E-state index contributed by atoms with van der Waals surface area (Å²) >= 11 is 0. The quantitative estimate of drug-likeness (QED) is 0.378. The lowest BCUT2D eigenvalue weighted by Crippen LogP contribution is -2.25. The first kappa shape index (κ1) is 20.1. The maximum Gasteiger partial charge on any atom is 0.352 e. The Morgan fingerprint density at radius 1 is 1.25 bits per heavy atom. The third kappa shape index (κ3) is 5.42. The van der Waals surface area contributed by atoms with E-state index in [1.165, 1.54) is 11.1 Å². The molecular formula is C21H30N6O. The van der Waals surface area contributed by atoms with Crippen molar-refractivity contribution < 1.29 is 0 Å². The van der Waals surface area contributed by atoms with Crippen LogP contribution in [0.25, 0.3) is 11.8 Å². The summed E-state index contributed by atoms with van der Waals surface area (Å²) in [5.74, 6) is 0.140. The molecule has 3 rings (SSSR count). The van der Waals surface area contributed by atoms with Crippen LogP contribution in [-0.4, -0.2) is 35.1 Å². The Kier molecular flexibility index (Phi) is 6.81. The van der Waals surface area contributed by atoms with Crippen LogP contribution in [0.2, 0.25) is 0 Å². The molecule has 5 N–H and O–H groups in total. The molecule has 2 aliphatic carbocycles. The van der Waals surface area contributed by atoms with Crippen LogP contribution in [0.15, 0.2) is 39.3 Å². The molecule has 2 aliphatic rings. The van der Waals surface area contributed by atoms with Gasteiger partial charge in [0.25, 0.3) is 0 Å². The third-order valence-electron chi connectivity index (χ3n) is 5.11. The number of aromatic nitrogens is 2. The zero-order valence-electron chi connectivity index (χ0n) is 16.6. The fourth-order valence-corrected chi connectivity index (χ4v) is 3.58. The van der Waals surface area contributed by atoms with Gasteiger partial charge in [-0.05, 0) is 58.1 Å². The number of allylic oxidation sites excluding steroid dienone is 4. The Morgan fingerprint density at radius 3 is 2.86 bits per heavy atom. The van der Waals surface area contributed by atoms with Gasteiger partial charge in [0, 0.05) is 30.5 Å². The minimum Gasteiger partial charge on any atom is -0.370 e. The molecule has 0 spiro atoms. The van der Waals surface area contributed by atoms with Crippen LogP contribution in [0.5, 0.6) is 0 Å². The Labute approximate surface area is 165 Å². The Bertz CT molecular complexity index is 887. The van der Waals surface area contributed by atoms with Crippen molar-refractivity contribution >= 4 is 17.7 Å². The summed E-state index contributed by atoms with van der Waals surface area (Å²) < 4.78 is 1.71. The maximum absolute atomic E-state index is 12.5. The van der Waals surface area contributed by atoms with Gasteiger partial charge < -0.3 is 16.8 Å². The highest BCUT2D eigenvalue weighted by Gasteiger charge is 2.14. The minimum absolute atomic E-state index is 0.140. The number of rotatable bonds is 7. The van der Waals surface area contributed by atoms with Crippen molar-refractivity contribution in [1.29, 1.82) is 0 Å². The van der Waals surface area contributed by atoms with Gasteiger partial charge in [-0.1, -0.05) is 23.3 Å². The normalized spacial score (nSPS) is 16.4. The average Bonchev–Trinajstić information content (AvgIpc) is 2.84. The molecule has 1 heterocycles. The number of hydrogen-bond donors (Lipinski definition) is 3. The molecule has 0 aliphatic heterocycles. The average molecular weight is 383 g/mol. The lowest BCUT2D eigenvalue weighted by atomic mass is 10.0. The molecule has 0 atom stereocenters. The minimum atomic E-state index is -0.173. The van der Waals surface area contributed by atoms with E-state index in [4.69, 9.17) is 11.5 Å². The van der Waals surface area contributed by atoms with Crippen LogP contribution in [0.3, 0.4) is 0 Å². The van der Waals surface area contributed by atoms with Crippen LogP contribution in [0, 0.1) is 0 Å². The summed E-state index contributed by atoms with van der Waals surface area (Å²) in [6, 6.07) is 0. The van der Waals surface area contributed by atoms with Crippen LogP contribution in [-0.2, 0) is 6.42 Å². The van der Waals surface area contributed by atoms with Gasteiger partial charge in [-0.2, -0.15) is 4.98 Å². The Morgan fingerprint density at radius 2 is 2.11 bits per heavy atom. The number of aliphatic imine (C=N–C) groups is 1. The number of hydrogen-bond acceptors (Lipinski definition) is 4. The number of nitrogens with one attached hydrogen (secondary N) is 1. The van der Waals surface area contributed by atoms with Crippen molar-refractivity contribution in [2.45, 2.75) is 45.4 Å². The van der Waals surface area contributed by atoms with Gasteiger partial charge in [-0.3, -0.25) is 9.56 Å². The summed E-state index contributed by atoms with van der Waals surface area (Å²) in [7, 11) is 0. The lowest BCUT2D eigenvalue weighted by Gasteiger charge is -2.17. The second-order valence-electron chi connectivity index (χ2n) is 7.46. The largest absolute Gasteiger partial charge is 0.370 e. The van der Waals surface area contributed by atoms with Crippen molar-refractivity contribution in [3.05, 3.63) is 51.2 Å². The molecule has 0 bridgehead atoms. The molecular weight excluding hydrogens is 352 g/mol. The summed E-state index contributed by atoms with van der Waals surface area (Å²) in [6.45, 7) is 4.49. The van der Waals surface area contributed by atoms with Crippen molar-refractivity contribution in [3.63, 3.8) is 0 Å². The second kappa shape index (κ2) is 9.50. The Hall–Kier alpha value is -2.67. The monoisotopic (exact) mass is 382 g/mol. The van der Waals surface area contributed by atoms with E-state index >= 15 is 0 Å². The molecule has 0 saturated heterocycles. The van der Waals surface area contributed by atoms with Crippen LogP contribution in [0.1, 0.15) is 50.3 Å². The fourth-order valence-electron chi connectivity index (χ4n) is 3.58. The number of fused-ring (bicyclic) bond motifs is 1. The summed E-state index contributed by atoms with van der Waals surface area (Å²) in [6.07, 6.45) is 14.0. The molecule has 1 aromatic heterocycles. The van der Waals surface area contributed by atoms with E-state index in [0.717, 1.165) is 68.6 Å². The van der Waals surface area contributed by atoms with Crippen LogP contribution < -0.4 is 22.5 Å². The highest BCUT2D eigenvalue weighted by Crippen LogP contribution is 2.24. The van der Waals surface area contributed by atoms with E-state index < -0.39 is 0 Å². The van der Waals surface area contributed by atoms with Gasteiger partial charge in [0.2, 0.25) is 0 Å². The van der Waals surface area contributed by atoms with Gasteiger partial charge in [0.15, 0.2) is 5.96 Å². The maximum atomic E-state index is 12.5. The highest BCUT2D eigenvalue weighted by molar-refractivity contribution is 5.75. The molecule has 7 nitrogen and oxygen atoms in total. The first-order chi connectivity index (χ1) is 13.5. The molecule has 0 radical (unpaired) electrons. The number of nitrogens with two attached hydrogens (primary N) is 2. The van der Waals surface area contributed by atoms with E-state index in [9.17, 15) is 4.79 Å². The molecule has 0 amide bonds. The first-order valence-electron chi connectivity index (χ1n) is 9.98. The van der Waals surface area contributed by atoms with Crippen LogP contribution >= 0.6 is 0 Å². The van der Waals surface area contributed by atoms with Gasteiger partial charge in [0.1, 0.15) is 0 Å². The topological polar surface area (TPSA) is 111 Å². The van der Waals surface area contributed by atoms with Crippen molar-refractivity contribution in [1.82, 2.24) is 14.9 Å². The first-order valence-corrected chi connectivity index (χ1v) is 9.98. The predicted molar refractivity (Wildman–Crippen MR) is 115 cm³/mol. The van der Waals surface area contributed by atoms with Gasteiger partial charge in [-0.15, -0.1) is 0 Å². The van der Waals surface area contributed by atoms with Crippen molar-refractivity contribution in [3.8, 4) is 0 Å². The van der Waals surface area contributed by atoms with Gasteiger partial charge in [-0.25, -0.2) is 4.79 Å². The third-order valence-corrected chi connectivity index (χ3v) is 5.11. The number of nitrogens with zero attached hydrogens (tertiary/aromatic N) is 3.